The maximum absolute atomic E-state index is 14.2. The van der Waals surface area contributed by atoms with E-state index in [1.54, 1.807) is 9.80 Å². The van der Waals surface area contributed by atoms with Crippen molar-refractivity contribution in [3.8, 4) is 0 Å². The number of fused-ring (bicyclic) bond motifs is 3. The number of urea groups is 1. The molecule has 1 aromatic rings. The van der Waals surface area contributed by atoms with Crippen LogP contribution in [0.1, 0.15) is 30.4 Å². The van der Waals surface area contributed by atoms with E-state index in [1.807, 2.05) is 0 Å². The minimum Gasteiger partial charge on any atom is -0.371 e. The van der Waals surface area contributed by atoms with E-state index in [2.05, 4.69) is 5.32 Å². The lowest BCUT2D eigenvalue weighted by molar-refractivity contribution is -0.140. The highest BCUT2D eigenvalue weighted by atomic mass is 19.4. The van der Waals surface area contributed by atoms with Crippen LogP contribution in [0.4, 0.5) is 22.4 Å². The summed E-state index contributed by atoms with van der Waals surface area (Å²) in [6, 6.07) is 1.92. The molecule has 5 rings (SSSR count). The number of nitrogens with zero attached hydrogens (tertiary/aromatic N) is 2. The number of rotatable bonds is 3. The van der Waals surface area contributed by atoms with E-state index in [-0.39, 0.29) is 60.9 Å². The third kappa shape index (κ3) is 4.40. The lowest BCUT2D eigenvalue weighted by atomic mass is 10.0. The summed E-state index contributed by atoms with van der Waals surface area (Å²) in [5, 5.41) is 2.89. The number of hydrogen-bond acceptors (Lipinski definition) is 4. The smallest absolute Gasteiger partial charge is 0.371 e. The summed E-state index contributed by atoms with van der Waals surface area (Å²) in [6.45, 7) is 1.42. The number of hydrogen-bond donors (Lipinski definition) is 1. The van der Waals surface area contributed by atoms with E-state index in [1.165, 1.54) is 0 Å². The van der Waals surface area contributed by atoms with Gasteiger partial charge in [0.2, 0.25) is 5.91 Å². The van der Waals surface area contributed by atoms with Crippen molar-refractivity contribution in [2.75, 3.05) is 26.2 Å². The van der Waals surface area contributed by atoms with Gasteiger partial charge in [-0.2, -0.15) is 13.2 Å². The highest BCUT2D eigenvalue weighted by molar-refractivity contribution is 5.79. The van der Waals surface area contributed by atoms with Crippen molar-refractivity contribution in [1.29, 1.82) is 0 Å². The van der Waals surface area contributed by atoms with Crippen molar-refractivity contribution in [2.45, 2.75) is 56.3 Å². The van der Waals surface area contributed by atoms with Gasteiger partial charge in [-0.05, 0) is 37.3 Å². The Kier molecular flexibility index (Phi) is 5.72. The molecule has 33 heavy (non-hydrogen) atoms. The molecule has 0 radical (unpaired) electrons. The molecule has 180 valence electrons. The van der Waals surface area contributed by atoms with Crippen LogP contribution in [0.5, 0.6) is 0 Å². The minimum absolute atomic E-state index is 0.0452. The van der Waals surface area contributed by atoms with Crippen LogP contribution in [0.3, 0.4) is 0 Å². The predicted octanol–water partition coefficient (Wildman–Crippen LogP) is 2.53. The summed E-state index contributed by atoms with van der Waals surface area (Å²) in [7, 11) is 0. The first-order valence-corrected chi connectivity index (χ1v) is 11.1. The van der Waals surface area contributed by atoms with Crippen molar-refractivity contribution in [3.63, 3.8) is 0 Å². The summed E-state index contributed by atoms with van der Waals surface area (Å²) in [4.78, 5) is 28.4. The van der Waals surface area contributed by atoms with Gasteiger partial charge in [0.25, 0.3) is 0 Å². The fraction of sp³-hybridized carbons (Fsp3) is 0.636. The molecule has 3 unspecified atom stereocenters. The number of morpholine rings is 1. The van der Waals surface area contributed by atoms with Crippen LogP contribution in [0, 0.1) is 11.7 Å². The lowest BCUT2D eigenvalue weighted by Gasteiger charge is -2.43. The molecule has 0 spiro atoms. The third-order valence-corrected chi connectivity index (χ3v) is 7.10. The summed E-state index contributed by atoms with van der Waals surface area (Å²) >= 11 is 0. The summed E-state index contributed by atoms with van der Waals surface area (Å²) < 4.78 is 63.8. The Morgan fingerprint density at radius 1 is 1.24 bits per heavy atom. The van der Waals surface area contributed by atoms with Gasteiger partial charge in [-0.1, -0.05) is 6.07 Å². The second-order valence-corrected chi connectivity index (χ2v) is 9.25. The quantitative estimate of drug-likeness (QED) is 0.688. The van der Waals surface area contributed by atoms with Crippen molar-refractivity contribution >= 4 is 11.9 Å². The van der Waals surface area contributed by atoms with Crippen LogP contribution in [0.15, 0.2) is 18.2 Å². The number of nitrogens with one attached hydrogen (secondary N) is 1. The van der Waals surface area contributed by atoms with E-state index in [4.69, 9.17) is 9.47 Å². The molecule has 1 aliphatic carbocycles. The number of carbonyl (C=O) groups is 2. The fourth-order valence-electron chi connectivity index (χ4n) is 5.46. The zero-order valence-electron chi connectivity index (χ0n) is 17.8. The molecular formula is C22H25F4N3O4. The molecule has 2 bridgehead atoms. The van der Waals surface area contributed by atoms with Crippen LogP contribution in [-0.2, 0) is 27.1 Å². The predicted molar refractivity (Wildman–Crippen MR) is 106 cm³/mol. The van der Waals surface area contributed by atoms with Gasteiger partial charge in [0.1, 0.15) is 12.4 Å². The Morgan fingerprint density at radius 2 is 2.06 bits per heavy atom. The molecule has 1 aromatic carbocycles. The number of halogens is 4. The van der Waals surface area contributed by atoms with Gasteiger partial charge in [0.05, 0.1) is 36.5 Å². The molecule has 4 aliphatic rings. The molecule has 0 aromatic heterocycles. The van der Waals surface area contributed by atoms with E-state index in [0.717, 1.165) is 25.0 Å². The second kappa shape index (κ2) is 8.43. The summed E-state index contributed by atoms with van der Waals surface area (Å²) in [6.07, 6.45) is -2.84. The van der Waals surface area contributed by atoms with Gasteiger partial charge >= 0.3 is 12.2 Å². The Bertz CT molecular complexity index is 943. The summed E-state index contributed by atoms with van der Waals surface area (Å²) in [5.74, 6) is -0.869. The number of benzene rings is 1. The van der Waals surface area contributed by atoms with Crippen LogP contribution < -0.4 is 5.32 Å². The molecular weight excluding hydrogens is 446 g/mol. The zero-order valence-corrected chi connectivity index (χ0v) is 17.8. The van der Waals surface area contributed by atoms with Crippen molar-refractivity contribution < 1.29 is 36.6 Å². The number of ether oxygens (including phenoxy) is 2. The summed E-state index contributed by atoms with van der Waals surface area (Å²) in [5.41, 5.74) is -0.984. The molecule has 1 saturated carbocycles. The SMILES string of the molecule is O=C1CO[C@H]2CCN(C(=O)N3CC4CC(OCc5ccc(C(F)(F)F)cc5F)C3C4)C[C@H]2N1. The minimum atomic E-state index is -4.60. The number of amides is 3. The van der Waals surface area contributed by atoms with Crippen LogP contribution in [0.25, 0.3) is 0 Å². The molecule has 5 atom stereocenters. The molecule has 7 nitrogen and oxygen atoms in total. The monoisotopic (exact) mass is 471 g/mol. The molecule has 3 amide bonds. The van der Waals surface area contributed by atoms with Gasteiger partial charge in [-0.15, -0.1) is 0 Å². The average molecular weight is 471 g/mol. The first kappa shape index (κ1) is 22.4. The lowest BCUT2D eigenvalue weighted by Crippen LogP contribution is -2.63. The van der Waals surface area contributed by atoms with Gasteiger partial charge in [-0.25, -0.2) is 9.18 Å². The molecule has 4 fully saturated rings. The standard InChI is InChI=1S/C22H25F4N3O4/c23-15-7-14(22(24,25)26)2-1-13(15)10-32-19-6-12-5-17(19)29(8-12)21(31)28-4-3-18-16(9-28)27-20(30)11-33-18/h1-2,7,12,16-19H,3-6,8-11H2,(H,27,30)/t12?,16-,17?,18+,19?/m1/s1. The highest BCUT2D eigenvalue weighted by Crippen LogP contribution is 2.40. The third-order valence-electron chi connectivity index (χ3n) is 7.10. The first-order valence-electron chi connectivity index (χ1n) is 11.1. The van der Waals surface area contributed by atoms with Crippen molar-refractivity contribution in [1.82, 2.24) is 15.1 Å². The van der Waals surface area contributed by atoms with Crippen LogP contribution >= 0.6 is 0 Å². The Morgan fingerprint density at radius 3 is 2.79 bits per heavy atom. The normalized spacial score (nSPS) is 31.5. The Balaban J connectivity index is 1.20. The average Bonchev–Trinajstić information content (AvgIpc) is 3.37. The zero-order chi connectivity index (χ0) is 23.3. The number of alkyl halides is 3. The Hall–Kier alpha value is -2.40. The van der Waals surface area contributed by atoms with E-state index < -0.39 is 17.6 Å². The maximum atomic E-state index is 14.2. The number of piperidine rings is 2. The molecule has 3 aliphatic heterocycles. The maximum Gasteiger partial charge on any atom is 0.416 e. The van der Waals surface area contributed by atoms with Gasteiger partial charge < -0.3 is 24.6 Å². The number of carbonyl (C=O) groups excluding carboxylic acids is 2. The second-order valence-electron chi connectivity index (χ2n) is 9.25. The van der Waals surface area contributed by atoms with Gasteiger partial charge in [-0.3, -0.25) is 4.79 Å². The topological polar surface area (TPSA) is 71.1 Å². The largest absolute Gasteiger partial charge is 0.416 e. The first-order chi connectivity index (χ1) is 15.7. The fourth-order valence-corrected chi connectivity index (χ4v) is 5.46. The van der Waals surface area contributed by atoms with Crippen molar-refractivity contribution in [3.05, 3.63) is 35.1 Å². The van der Waals surface area contributed by atoms with E-state index >= 15 is 0 Å². The van der Waals surface area contributed by atoms with Gasteiger partial charge in [0, 0.05) is 25.2 Å². The van der Waals surface area contributed by atoms with E-state index in [0.29, 0.717) is 32.1 Å². The Labute approximate surface area is 188 Å². The van der Waals surface area contributed by atoms with Gasteiger partial charge in [0.15, 0.2) is 0 Å². The molecule has 3 saturated heterocycles. The highest BCUT2D eigenvalue weighted by Gasteiger charge is 2.49. The van der Waals surface area contributed by atoms with Crippen LogP contribution in [-0.4, -0.2) is 72.3 Å². The number of likely N-dealkylation sites (tertiary alicyclic amines) is 2. The van der Waals surface area contributed by atoms with Crippen LogP contribution in [0.2, 0.25) is 0 Å². The van der Waals surface area contributed by atoms with Crippen molar-refractivity contribution in [2.24, 2.45) is 5.92 Å². The molecule has 11 heteroatoms. The molecule has 3 heterocycles. The van der Waals surface area contributed by atoms with E-state index in [9.17, 15) is 27.2 Å². The molecule has 1 N–H and O–H groups in total.